The van der Waals surface area contributed by atoms with Gasteiger partial charge in [-0.3, -0.25) is 4.79 Å². The van der Waals surface area contributed by atoms with Crippen molar-refractivity contribution >= 4 is 11.6 Å². The number of benzene rings is 1. The van der Waals surface area contributed by atoms with Crippen molar-refractivity contribution in [2.24, 2.45) is 0 Å². The van der Waals surface area contributed by atoms with Crippen LogP contribution in [0.5, 0.6) is 5.75 Å². The molecule has 88 valence electrons. The summed E-state index contributed by atoms with van der Waals surface area (Å²) in [4.78, 5) is 13.0. The van der Waals surface area contributed by atoms with Crippen molar-refractivity contribution in [1.82, 2.24) is 0 Å². The fourth-order valence-corrected chi connectivity index (χ4v) is 1.87. The van der Waals surface area contributed by atoms with Crippen molar-refractivity contribution in [3.63, 3.8) is 0 Å². The van der Waals surface area contributed by atoms with Crippen molar-refractivity contribution in [2.45, 2.75) is 27.7 Å². The second-order valence-corrected chi connectivity index (χ2v) is 4.07. The van der Waals surface area contributed by atoms with Gasteiger partial charge in [0.05, 0.1) is 7.11 Å². The molecule has 1 amide bonds. The summed E-state index contributed by atoms with van der Waals surface area (Å²) in [5.41, 5.74) is 4.17. The van der Waals surface area contributed by atoms with Crippen LogP contribution in [0.15, 0.2) is 6.07 Å². The van der Waals surface area contributed by atoms with Gasteiger partial charge >= 0.3 is 0 Å². The lowest BCUT2D eigenvalue weighted by Crippen LogP contribution is -2.24. The second kappa shape index (κ2) is 4.56. The van der Waals surface area contributed by atoms with E-state index < -0.39 is 0 Å². The molecule has 0 spiro atoms. The maximum absolute atomic E-state index is 11.4. The Labute approximate surface area is 97.0 Å². The molecule has 3 nitrogen and oxygen atoms in total. The molecule has 0 N–H and O–H groups in total. The molecule has 0 aromatic heterocycles. The summed E-state index contributed by atoms with van der Waals surface area (Å²) in [6.45, 7) is 7.57. The van der Waals surface area contributed by atoms with E-state index in [1.807, 2.05) is 26.8 Å². The molecule has 0 aliphatic heterocycles. The zero-order chi connectivity index (χ0) is 12.5. The lowest BCUT2D eigenvalue weighted by Gasteiger charge is -2.22. The van der Waals surface area contributed by atoms with Crippen LogP contribution in [0.3, 0.4) is 0 Å². The maximum atomic E-state index is 11.4. The molecule has 3 heteroatoms. The Morgan fingerprint density at radius 1 is 1.25 bits per heavy atom. The Morgan fingerprint density at radius 3 is 2.25 bits per heavy atom. The molecule has 0 bridgehead atoms. The molecular formula is C13H19NO2. The van der Waals surface area contributed by atoms with Crippen molar-refractivity contribution in [2.75, 3.05) is 19.1 Å². The predicted octanol–water partition coefficient (Wildman–Crippen LogP) is 2.60. The van der Waals surface area contributed by atoms with Crippen LogP contribution in [0.25, 0.3) is 0 Å². The van der Waals surface area contributed by atoms with E-state index in [1.54, 1.807) is 26.0 Å². The van der Waals surface area contributed by atoms with Gasteiger partial charge in [0, 0.05) is 19.7 Å². The topological polar surface area (TPSA) is 29.5 Å². The summed E-state index contributed by atoms with van der Waals surface area (Å²) >= 11 is 0. The van der Waals surface area contributed by atoms with E-state index in [1.165, 1.54) is 0 Å². The molecule has 0 atom stereocenters. The third kappa shape index (κ3) is 2.03. The fourth-order valence-electron chi connectivity index (χ4n) is 1.87. The first kappa shape index (κ1) is 12.6. The van der Waals surface area contributed by atoms with Crippen molar-refractivity contribution in [1.29, 1.82) is 0 Å². The van der Waals surface area contributed by atoms with Crippen LogP contribution in [0.4, 0.5) is 5.69 Å². The summed E-state index contributed by atoms with van der Waals surface area (Å²) in [5.74, 6) is 0.935. The van der Waals surface area contributed by atoms with Gasteiger partial charge in [-0.25, -0.2) is 0 Å². The quantitative estimate of drug-likeness (QED) is 0.768. The third-order valence-corrected chi connectivity index (χ3v) is 3.04. The van der Waals surface area contributed by atoms with Crippen LogP contribution in [-0.2, 0) is 4.79 Å². The highest BCUT2D eigenvalue weighted by molar-refractivity contribution is 5.92. The van der Waals surface area contributed by atoms with Crippen molar-refractivity contribution in [3.8, 4) is 5.75 Å². The van der Waals surface area contributed by atoms with Crippen molar-refractivity contribution in [3.05, 3.63) is 22.8 Å². The van der Waals surface area contributed by atoms with Gasteiger partial charge in [0.1, 0.15) is 5.75 Å². The molecule has 0 saturated heterocycles. The molecular weight excluding hydrogens is 202 g/mol. The Morgan fingerprint density at radius 2 is 1.81 bits per heavy atom. The first-order valence-electron chi connectivity index (χ1n) is 5.29. The van der Waals surface area contributed by atoms with E-state index in [-0.39, 0.29) is 5.91 Å². The number of hydrogen-bond acceptors (Lipinski definition) is 2. The van der Waals surface area contributed by atoms with Crippen LogP contribution in [0.1, 0.15) is 23.6 Å². The number of anilines is 1. The van der Waals surface area contributed by atoms with Crippen LogP contribution in [0, 0.1) is 20.8 Å². The molecule has 0 fully saturated rings. The number of aryl methyl sites for hydroxylation is 1. The first-order chi connectivity index (χ1) is 7.40. The normalized spacial score (nSPS) is 10.1. The van der Waals surface area contributed by atoms with Gasteiger partial charge in [0.15, 0.2) is 0 Å². The number of nitrogens with zero attached hydrogens (tertiary/aromatic N) is 1. The molecule has 0 heterocycles. The minimum Gasteiger partial charge on any atom is -0.496 e. The maximum Gasteiger partial charge on any atom is 0.223 e. The fraction of sp³-hybridized carbons (Fsp3) is 0.462. The number of carbonyl (C=O) groups is 1. The number of ether oxygens (including phenoxy) is 1. The van der Waals surface area contributed by atoms with Gasteiger partial charge < -0.3 is 9.64 Å². The number of amides is 1. The average Bonchev–Trinajstić information content (AvgIpc) is 2.23. The third-order valence-electron chi connectivity index (χ3n) is 3.04. The van der Waals surface area contributed by atoms with Crippen LogP contribution in [-0.4, -0.2) is 20.1 Å². The van der Waals surface area contributed by atoms with E-state index in [9.17, 15) is 4.79 Å². The standard InChI is InChI=1S/C13H19NO2/c1-8-7-12(14(5)11(4)15)9(2)10(3)13(8)16-6/h7H,1-6H3. The Hall–Kier alpha value is -1.51. The monoisotopic (exact) mass is 221 g/mol. The predicted molar refractivity (Wildman–Crippen MR) is 66.3 cm³/mol. The smallest absolute Gasteiger partial charge is 0.223 e. The minimum absolute atomic E-state index is 0.0343. The summed E-state index contributed by atoms with van der Waals surface area (Å²) in [6.07, 6.45) is 0. The van der Waals surface area contributed by atoms with Gasteiger partial charge in [-0.05, 0) is 43.5 Å². The number of methoxy groups -OCH3 is 1. The molecule has 0 aliphatic carbocycles. The Balaban J connectivity index is 3.39. The highest BCUT2D eigenvalue weighted by atomic mass is 16.5. The van der Waals surface area contributed by atoms with Crippen molar-refractivity contribution < 1.29 is 9.53 Å². The van der Waals surface area contributed by atoms with Gasteiger partial charge in [-0.15, -0.1) is 0 Å². The highest BCUT2D eigenvalue weighted by Gasteiger charge is 2.15. The van der Waals surface area contributed by atoms with E-state index in [2.05, 4.69) is 0 Å². The largest absolute Gasteiger partial charge is 0.496 e. The summed E-state index contributed by atoms with van der Waals surface area (Å²) in [7, 11) is 3.46. The lowest BCUT2D eigenvalue weighted by molar-refractivity contribution is -0.116. The molecule has 0 aliphatic rings. The van der Waals surface area contributed by atoms with Crippen LogP contribution in [0.2, 0.25) is 0 Å². The first-order valence-corrected chi connectivity index (χ1v) is 5.29. The lowest BCUT2D eigenvalue weighted by atomic mass is 10.0. The molecule has 0 radical (unpaired) electrons. The molecule has 0 unspecified atom stereocenters. The van der Waals surface area contributed by atoms with Gasteiger partial charge in [-0.1, -0.05) is 0 Å². The SMILES string of the molecule is COc1c(C)cc(N(C)C(C)=O)c(C)c1C. The molecule has 16 heavy (non-hydrogen) atoms. The van der Waals surface area contributed by atoms with E-state index in [4.69, 9.17) is 4.74 Å². The molecule has 1 aromatic carbocycles. The number of hydrogen-bond donors (Lipinski definition) is 0. The molecule has 0 saturated carbocycles. The second-order valence-electron chi connectivity index (χ2n) is 4.07. The number of carbonyl (C=O) groups excluding carboxylic acids is 1. The van der Waals surface area contributed by atoms with Gasteiger partial charge in [0.2, 0.25) is 5.91 Å². The van der Waals surface area contributed by atoms with Gasteiger partial charge in [-0.2, -0.15) is 0 Å². The van der Waals surface area contributed by atoms with E-state index in [0.717, 1.165) is 28.1 Å². The minimum atomic E-state index is 0.0343. The molecule has 1 rings (SSSR count). The zero-order valence-electron chi connectivity index (χ0n) is 10.8. The zero-order valence-corrected chi connectivity index (χ0v) is 10.8. The van der Waals surface area contributed by atoms with Crippen LogP contribution < -0.4 is 9.64 Å². The Kier molecular flexibility index (Phi) is 3.58. The van der Waals surface area contributed by atoms with E-state index in [0.29, 0.717) is 0 Å². The summed E-state index contributed by atoms with van der Waals surface area (Å²) in [6, 6.07) is 1.99. The highest BCUT2D eigenvalue weighted by Crippen LogP contribution is 2.32. The summed E-state index contributed by atoms with van der Waals surface area (Å²) < 4.78 is 5.35. The number of rotatable bonds is 2. The molecule has 1 aromatic rings. The van der Waals surface area contributed by atoms with Crippen LogP contribution >= 0.6 is 0 Å². The van der Waals surface area contributed by atoms with E-state index >= 15 is 0 Å². The Bertz CT molecular complexity index is 424. The summed E-state index contributed by atoms with van der Waals surface area (Å²) in [5, 5.41) is 0. The van der Waals surface area contributed by atoms with Gasteiger partial charge in [0.25, 0.3) is 0 Å². The average molecular weight is 221 g/mol.